The fourth-order valence-electron chi connectivity index (χ4n) is 1.77. The van der Waals surface area contributed by atoms with Crippen LogP contribution >= 0.6 is 15.9 Å². The number of likely N-dealkylation sites (N-methyl/N-ethyl adjacent to an activating group) is 1. The second kappa shape index (κ2) is 8.49. The molecule has 1 heterocycles. The molecule has 6 nitrogen and oxygen atoms in total. The normalized spacial score (nSPS) is 10.3. The maximum Gasteiger partial charge on any atom is 0.287 e. The van der Waals surface area contributed by atoms with Gasteiger partial charge >= 0.3 is 0 Å². The highest BCUT2D eigenvalue weighted by molar-refractivity contribution is 9.10. The molecule has 1 N–H and O–H groups in total. The van der Waals surface area contributed by atoms with Gasteiger partial charge < -0.3 is 19.4 Å². The maximum absolute atomic E-state index is 12.8. The van der Waals surface area contributed by atoms with Gasteiger partial charge in [-0.15, -0.1) is 0 Å². The Morgan fingerprint density at radius 2 is 1.96 bits per heavy atom. The Kier molecular flexibility index (Phi) is 6.36. The molecule has 8 heteroatoms. The van der Waals surface area contributed by atoms with E-state index >= 15 is 0 Å². The van der Waals surface area contributed by atoms with Gasteiger partial charge in [0.2, 0.25) is 5.91 Å². The molecule has 0 spiro atoms. The van der Waals surface area contributed by atoms with Crippen molar-refractivity contribution in [2.75, 3.05) is 26.7 Å². The van der Waals surface area contributed by atoms with Crippen molar-refractivity contribution in [3.05, 3.63) is 52.6 Å². The molecule has 24 heavy (non-hydrogen) atoms. The van der Waals surface area contributed by atoms with Crippen molar-refractivity contribution in [2.45, 2.75) is 0 Å². The first kappa shape index (κ1) is 18.0. The van der Waals surface area contributed by atoms with Crippen molar-refractivity contribution in [2.24, 2.45) is 0 Å². The van der Waals surface area contributed by atoms with E-state index in [1.807, 2.05) is 0 Å². The van der Waals surface area contributed by atoms with Gasteiger partial charge in [0.25, 0.3) is 5.91 Å². The number of nitrogens with one attached hydrogen (secondary N) is 1. The first-order valence-electron chi connectivity index (χ1n) is 7.11. The number of furan rings is 1. The molecule has 1 aromatic carbocycles. The van der Waals surface area contributed by atoms with Gasteiger partial charge in [0.15, 0.2) is 10.4 Å². The van der Waals surface area contributed by atoms with Crippen LogP contribution in [0.1, 0.15) is 10.6 Å². The lowest BCUT2D eigenvalue weighted by Gasteiger charge is -2.17. The van der Waals surface area contributed by atoms with Crippen molar-refractivity contribution in [1.29, 1.82) is 0 Å². The molecule has 0 atom stereocenters. The molecule has 1 aromatic heterocycles. The third-order valence-electron chi connectivity index (χ3n) is 3.13. The van der Waals surface area contributed by atoms with Crippen molar-refractivity contribution in [1.82, 2.24) is 10.2 Å². The highest BCUT2D eigenvalue weighted by Gasteiger charge is 2.14. The first-order chi connectivity index (χ1) is 11.5. The average Bonchev–Trinajstić information content (AvgIpc) is 3.00. The zero-order valence-electron chi connectivity index (χ0n) is 12.9. The van der Waals surface area contributed by atoms with E-state index < -0.39 is 5.91 Å². The highest BCUT2D eigenvalue weighted by atomic mass is 79.9. The van der Waals surface area contributed by atoms with Crippen LogP contribution in [0.2, 0.25) is 0 Å². The second-order valence-electron chi connectivity index (χ2n) is 4.90. The summed E-state index contributed by atoms with van der Waals surface area (Å²) in [6.45, 7) is 0.440. The van der Waals surface area contributed by atoms with Gasteiger partial charge in [-0.05, 0) is 52.3 Å². The zero-order valence-corrected chi connectivity index (χ0v) is 14.5. The van der Waals surface area contributed by atoms with E-state index in [0.29, 0.717) is 17.0 Å². The standard InChI is InChI=1S/C16H16BrFN2O4/c1-20(8-9-23-12-4-2-11(18)3-5-12)15(21)10-19-16(22)13-6-7-14(17)24-13/h2-7H,8-10H2,1H3,(H,19,22). The number of halogens is 2. The number of hydrogen-bond donors (Lipinski definition) is 1. The van der Waals surface area contributed by atoms with Crippen LogP contribution in [0.15, 0.2) is 45.5 Å². The second-order valence-corrected chi connectivity index (χ2v) is 5.69. The van der Waals surface area contributed by atoms with Gasteiger partial charge in [-0.25, -0.2) is 4.39 Å². The summed E-state index contributed by atoms with van der Waals surface area (Å²) in [6.07, 6.45) is 0. The molecule has 0 aliphatic heterocycles. The Bertz CT molecular complexity index is 702. The van der Waals surface area contributed by atoms with E-state index in [4.69, 9.17) is 9.15 Å². The van der Waals surface area contributed by atoms with Gasteiger partial charge in [0, 0.05) is 7.05 Å². The summed E-state index contributed by atoms with van der Waals surface area (Å²) < 4.78 is 23.7. The lowest BCUT2D eigenvalue weighted by molar-refractivity contribution is -0.129. The molecule has 0 radical (unpaired) electrons. The topological polar surface area (TPSA) is 71.8 Å². The minimum Gasteiger partial charge on any atom is -0.492 e. The van der Waals surface area contributed by atoms with Crippen LogP contribution in [0.3, 0.4) is 0 Å². The van der Waals surface area contributed by atoms with Crippen LogP contribution < -0.4 is 10.1 Å². The largest absolute Gasteiger partial charge is 0.492 e. The molecule has 2 aromatic rings. The first-order valence-corrected chi connectivity index (χ1v) is 7.91. The minimum atomic E-state index is -0.468. The molecule has 0 aliphatic rings. The average molecular weight is 399 g/mol. The summed E-state index contributed by atoms with van der Waals surface area (Å²) in [6, 6.07) is 8.72. The molecule has 128 valence electrons. The lowest BCUT2D eigenvalue weighted by Crippen LogP contribution is -2.39. The fraction of sp³-hybridized carbons (Fsp3) is 0.250. The Balaban J connectivity index is 1.70. The summed E-state index contributed by atoms with van der Waals surface area (Å²) in [5.41, 5.74) is 0. The van der Waals surface area contributed by atoms with Crippen LogP contribution in [-0.4, -0.2) is 43.5 Å². The molecule has 0 fully saturated rings. The third-order valence-corrected chi connectivity index (χ3v) is 3.56. The number of nitrogens with zero attached hydrogens (tertiary/aromatic N) is 1. The highest BCUT2D eigenvalue weighted by Crippen LogP contribution is 2.13. The number of ether oxygens (including phenoxy) is 1. The summed E-state index contributed by atoms with van der Waals surface area (Å²) >= 11 is 3.10. The van der Waals surface area contributed by atoms with Crippen LogP contribution in [-0.2, 0) is 4.79 Å². The monoisotopic (exact) mass is 398 g/mol. The maximum atomic E-state index is 12.8. The van der Waals surface area contributed by atoms with Crippen LogP contribution in [0.4, 0.5) is 4.39 Å². The third kappa shape index (κ3) is 5.38. The van der Waals surface area contributed by atoms with Gasteiger partial charge in [-0.1, -0.05) is 0 Å². The van der Waals surface area contributed by atoms with E-state index in [-0.39, 0.29) is 30.6 Å². The fourth-order valence-corrected chi connectivity index (χ4v) is 2.08. The number of carbonyl (C=O) groups excluding carboxylic acids is 2. The summed E-state index contributed by atoms with van der Waals surface area (Å²) in [7, 11) is 1.60. The predicted molar refractivity (Wildman–Crippen MR) is 88.3 cm³/mol. The number of hydrogen-bond acceptors (Lipinski definition) is 4. The molecule has 2 amide bonds. The number of carbonyl (C=O) groups is 2. The molecule has 0 aliphatic carbocycles. The van der Waals surface area contributed by atoms with Crippen LogP contribution in [0.5, 0.6) is 5.75 Å². The summed E-state index contributed by atoms with van der Waals surface area (Å²) in [5, 5.41) is 2.48. The summed E-state index contributed by atoms with van der Waals surface area (Å²) in [5.74, 6) is -0.429. The lowest BCUT2D eigenvalue weighted by atomic mass is 10.3. The van der Waals surface area contributed by atoms with E-state index in [1.165, 1.54) is 35.2 Å². The molecule has 2 rings (SSSR count). The number of rotatable bonds is 7. The van der Waals surface area contributed by atoms with Crippen LogP contribution in [0, 0.1) is 5.82 Å². The van der Waals surface area contributed by atoms with Crippen molar-refractivity contribution in [3.63, 3.8) is 0 Å². The quantitative estimate of drug-likeness (QED) is 0.777. The molecule has 0 unspecified atom stereocenters. The van der Waals surface area contributed by atoms with Gasteiger partial charge in [-0.2, -0.15) is 0 Å². The van der Waals surface area contributed by atoms with Crippen molar-refractivity contribution >= 4 is 27.7 Å². The minimum absolute atomic E-state index is 0.122. The van der Waals surface area contributed by atoms with E-state index in [1.54, 1.807) is 13.1 Å². The molecular weight excluding hydrogens is 383 g/mol. The molecule has 0 saturated carbocycles. The smallest absolute Gasteiger partial charge is 0.287 e. The SMILES string of the molecule is CN(CCOc1ccc(F)cc1)C(=O)CNC(=O)c1ccc(Br)o1. The number of amides is 2. The van der Waals surface area contributed by atoms with E-state index in [2.05, 4.69) is 21.2 Å². The molecular formula is C16H16BrFN2O4. The van der Waals surface area contributed by atoms with Crippen molar-refractivity contribution < 1.29 is 23.1 Å². The number of benzene rings is 1. The van der Waals surface area contributed by atoms with E-state index in [0.717, 1.165) is 0 Å². The molecule has 0 bridgehead atoms. The summed E-state index contributed by atoms with van der Waals surface area (Å²) in [4.78, 5) is 25.1. The van der Waals surface area contributed by atoms with Gasteiger partial charge in [0.1, 0.15) is 18.2 Å². The molecule has 0 saturated heterocycles. The Morgan fingerprint density at radius 3 is 2.58 bits per heavy atom. The van der Waals surface area contributed by atoms with E-state index in [9.17, 15) is 14.0 Å². The zero-order chi connectivity index (χ0) is 17.5. The Labute approximate surface area is 146 Å². The van der Waals surface area contributed by atoms with Crippen molar-refractivity contribution in [3.8, 4) is 5.75 Å². The predicted octanol–water partition coefficient (Wildman–Crippen LogP) is 2.45. The van der Waals surface area contributed by atoms with Crippen LogP contribution in [0.25, 0.3) is 0 Å². The van der Waals surface area contributed by atoms with Gasteiger partial charge in [-0.3, -0.25) is 9.59 Å². The van der Waals surface area contributed by atoms with Gasteiger partial charge in [0.05, 0.1) is 13.1 Å². The Morgan fingerprint density at radius 1 is 1.25 bits per heavy atom. The Hall–Kier alpha value is -2.35.